The van der Waals surface area contributed by atoms with E-state index < -0.39 is 50.2 Å². The molecule has 0 bridgehead atoms. The summed E-state index contributed by atoms with van der Waals surface area (Å²) < 4.78 is 31.9. The first-order chi connectivity index (χ1) is 22.3. The van der Waals surface area contributed by atoms with Gasteiger partial charge in [-0.1, -0.05) is 66.7 Å². The summed E-state index contributed by atoms with van der Waals surface area (Å²) in [7, 11) is -3.56. The molecule has 2 unspecified atom stereocenters. The first kappa shape index (κ1) is 36.5. The van der Waals surface area contributed by atoms with E-state index in [4.69, 9.17) is 10.2 Å². The second kappa shape index (κ2) is 13.5. The maximum atomic E-state index is 14.5. The molecular weight excluding hydrogens is 632 g/mol. The fraction of sp³-hybridized carbons (Fsp3) is 0.757. The number of sulfone groups is 1. The number of piperidine rings is 1. The van der Waals surface area contributed by atoms with Crippen LogP contribution in [-0.4, -0.2) is 60.8 Å². The van der Waals surface area contributed by atoms with Crippen molar-refractivity contribution in [2.45, 2.75) is 117 Å². The monoisotopic (exact) mass is 686 g/mol. The minimum atomic E-state index is -3.56. The first-order valence-electron chi connectivity index (χ1n) is 17.7. The van der Waals surface area contributed by atoms with E-state index in [1.54, 1.807) is 17.0 Å². The minimum absolute atomic E-state index is 0.0388. The summed E-state index contributed by atoms with van der Waals surface area (Å²) in [6, 6.07) is 2.57. The number of primary amides is 1. The van der Waals surface area contributed by atoms with Crippen molar-refractivity contribution in [1.82, 2.24) is 4.90 Å². The molecule has 1 aliphatic heterocycles. The smallest absolute Gasteiger partial charge is 0.285 e. The molecule has 1 saturated heterocycles. The van der Waals surface area contributed by atoms with E-state index in [1.807, 2.05) is 20.8 Å². The van der Waals surface area contributed by atoms with Crippen LogP contribution in [-0.2, 0) is 39.6 Å². The van der Waals surface area contributed by atoms with Gasteiger partial charge in [0.15, 0.2) is 15.6 Å². The molecule has 4 fully saturated rings. The number of nitrogens with two attached hydrogens (primary N) is 1. The normalized spacial score (nSPS) is 25.9. The second-order valence-electron chi connectivity index (χ2n) is 17.2. The third kappa shape index (κ3) is 8.13. The summed E-state index contributed by atoms with van der Waals surface area (Å²) in [4.78, 5) is 68.7. The van der Waals surface area contributed by atoms with Gasteiger partial charge in [-0.25, -0.2) is 8.42 Å². The van der Waals surface area contributed by atoms with Crippen LogP contribution >= 0.6 is 0 Å². The lowest BCUT2D eigenvalue weighted by molar-refractivity contribution is -0.148. The van der Waals surface area contributed by atoms with Crippen LogP contribution in [0.15, 0.2) is 22.8 Å². The number of carbonyl (C=O) groups excluding carboxylic acids is 5. The average molecular weight is 687 g/mol. The molecule has 3 aliphatic carbocycles. The number of likely N-dealkylation sites (tertiary alicyclic amines) is 1. The number of amides is 2. The van der Waals surface area contributed by atoms with E-state index in [9.17, 15) is 32.4 Å². The van der Waals surface area contributed by atoms with Crippen molar-refractivity contribution in [2.24, 2.45) is 51.6 Å². The number of fused-ring (bicyclic) bond motifs is 1. The third-order valence-corrected chi connectivity index (χ3v) is 13.7. The molecule has 5 rings (SSSR count). The number of furan rings is 1. The van der Waals surface area contributed by atoms with Gasteiger partial charge in [-0.15, -0.1) is 0 Å². The van der Waals surface area contributed by atoms with Crippen molar-refractivity contribution in [3.05, 3.63) is 24.2 Å². The van der Waals surface area contributed by atoms with Crippen molar-refractivity contribution in [1.29, 1.82) is 0 Å². The molecule has 11 heteroatoms. The van der Waals surface area contributed by atoms with E-state index in [0.29, 0.717) is 37.5 Å². The highest BCUT2D eigenvalue weighted by Gasteiger charge is 2.69. The SMILES string of the molecule is CC(C)(C)[C@H](CC(=O)CC1(CS(=O)(=O)Cc2ccco2)CCCCC1)C(=O)N1CC2[C@@H]([C@H]1C(=O)CC(CC1CC1)C(=O)C(N)=O)C2(C)C. The Morgan fingerprint density at radius 1 is 1.04 bits per heavy atom. The van der Waals surface area contributed by atoms with E-state index >= 15 is 0 Å². The Morgan fingerprint density at radius 2 is 1.71 bits per heavy atom. The topological polar surface area (TPSA) is 162 Å². The molecule has 0 radical (unpaired) electrons. The molecule has 2 amide bonds. The summed E-state index contributed by atoms with van der Waals surface area (Å²) in [5.74, 6) is -3.42. The summed E-state index contributed by atoms with van der Waals surface area (Å²) in [6.45, 7) is 10.3. The number of ketones is 3. The molecule has 1 aromatic rings. The summed E-state index contributed by atoms with van der Waals surface area (Å²) in [6.07, 6.45) is 7.70. The molecule has 4 aliphatic rings. The summed E-state index contributed by atoms with van der Waals surface area (Å²) >= 11 is 0. The van der Waals surface area contributed by atoms with Gasteiger partial charge in [-0.2, -0.15) is 0 Å². The standard InChI is InChI=1S/C37H54N2O8S/c1-35(2,3)27(18-25(40)19-37(13-7-6-8-14-37)22-48(45,46)21-26-10-9-15-47-26)34(44)39-20-28-30(36(28,4)5)31(39)29(41)17-24(16-23-11-12-23)32(42)33(38)43/h9-10,15,23-24,27-28,30-31H,6-8,11-14,16-22H2,1-5H3,(H2,38,43)/t24?,27-,28?,30+,31-/m1/s1. The highest BCUT2D eigenvalue weighted by atomic mass is 32.2. The quantitative estimate of drug-likeness (QED) is 0.236. The number of hydrogen-bond donors (Lipinski definition) is 1. The van der Waals surface area contributed by atoms with E-state index in [2.05, 4.69) is 13.8 Å². The predicted octanol–water partition coefficient (Wildman–Crippen LogP) is 5.07. The van der Waals surface area contributed by atoms with Gasteiger partial charge in [0.05, 0.1) is 18.1 Å². The Kier molecular flexibility index (Phi) is 10.2. The summed E-state index contributed by atoms with van der Waals surface area (Å²) in [5, 5.41) is 0. The van der Waals surface area contributed by atoms with Crippen molar-refractivity contribution in [2.75, 3.05) is 12.3 Å². The van der Waals surface area contributed by atoms with Crippen LogP contribution in [0.4, 0.5) is 0 Å². The van der Waals surface area contributed by atoms with Crippen LogP contribution in [0.5, 0.6) is 0 Å². The molecule has 0 spiro atoms. The lowest BCUT2D eigenvalue weighted by Crippen LogP contribution is -2.51. The van der Waals surface area contributed by atoms with Gasteiger partial charge in [0.1, 0.15) is 17.3 Å². The molecular formula is C37H54N2O8S. The molecule has 1 aromatic heterocycles. The third-order valence-electron chi connectivity index (χ3n) is 11.9. The zero-order valence-electron chi connectivity index (χ0n) is 29.3. The van der Waals surface area contributed by atoms with Gasteiger partial charge < -0.3 is 15.1 Å². The van der Waals surface area contributed by atoms with Gasteiger partial charge in [0.2, 0.25) is 11.7 Å². The molecule has 2 heterocycles. The van der Waals surface area contributed by atoms with Crippen LogP contribution in [0.1, 0.15) is 111 Å². The largest absolute Gasteiger partial charge is 0.468 e. The van der Waals surface area contributed by atoms with Gasteiger partial charge in [0, 0.05) is 37.6 Å². The minimum Gasteiger partial charge on any atom is -0.468 e. The number of hydrogen-bond acceptors (Lipinski definition) is 8. The van der Waals surface area contributed by atoms with Crippen LogP contribution in [0, 0.1) is 45.8 Å². The second-order valence-corrected chi connectivity index (χ2v) is 19.2. The van der Waals surface area contributed by atoms with Gasteiger partial charge in [-0.3, -0.25) is 24.0 Å². The van der Waals surface area contributed by atoms with Gasteiger partial charge >= 0.3 is 0 Å². The molecule has 266 valence electrons. The molecule has 0 aromatic carbocycles. The molecule has 5 atom stereocenters. The summed E-state index contributed by atoms with van der Waals surface area (Å²) in [5.41, 5.74) is 3.92. The number of Topliss-reactive ketones (excluding diaryl/α,β-unsaturated/α-hetero) is 3. The Hall–Kier alpha value is -2.82. The fourth-order valence-electron chi connectivity index (χ4n) is 8.97. The van der Waals surface area contributed by atoms with Crippen LogP contribution in [0.2, 0.25) is 0 Å². The van der Waals surface area contributed by atoms with Crippen molar-refractivity contribution in [3.63, 3.8) is 0 Å². The van der Waals surface area contributed by atoms with E-state index in [-0.39, 0.29) is 65.5 Å². The molecule has 3 saturated carbocycles. The van der Waals surface area contributed by atoms with E-state index in [0.717, 1.165) is 32.1 Å². The first-order valence-corrected chi connectivity index (χ1v) is 19.6. The zero-order chi connectivity index (χ0) is 35.2. The predicted molar refractivity (Wildman–Crippen MR) is 180 cm³/mol. The molecule has 48 heavy (non-hydrogen) atoms. The number of carbonyl (C=O) groups is 5. The average Bonchev–Trinajstić information content (AvgIpc) is 3.70. The lowest BCUT2D eigenvalue weighted by atomic mass is 9.70. The van der Waals surface area contributed by atoms with Gasteiger partial charge in [0.25, 0.3) is 5.91 Å². The Morgan fingerprint density at radius 3 is 2.27 bits per heavy atom. The van der Waals surface area contributed by atoms with Crippen molar-refractivity contribution >= 4 is 39.0 Å². The maximum absolute atomic E-state index is 14.5. The van der Waals surface area contributed by atoms with Gasteiger partial charge in [-0.05, 0) is 65.4 Å². The number of rotatable bonds is 16. The molecule has 2 N–H and O–H groups in total. The highest BCUT2D eigenvalue weighted by Crippen LogP contribution is 2.65. The fourth-order valence-corrected chi connectivity index (χ4v) is 11.0. The van der Waals surface area contributed by atoms with Crippen molar-refractivity contribution in [3.8, 4) is 0 Å². The van der Waals surface area contributed by atoms with Crippen LogP contribution in [0.3, 0.4) is 0 Å². The molecule has 10 nitrogen and oxygen atoms in total. The Bertz CT molecular complexity index is 1510. The zero-order valence-corrected chi connectivity index (χ0v) is 30.1. The highest BCUT2D eigenvalue weighted by molar-refractivity contribution is 7.90. The van der Waals surface area contributed by atoms with Crippen molar-refractivity contribution < 1.29 is 36.8 Å². The van der Waals surface area contributed by atoms with Crippen LogP contribution in [0.25, 0.3) is 0 Å². The Balaban J connectivity index is 1.33. The lowest BCUT2D eigenvalue weighted by Gasteiger charge is -2.39. The van der Waals surface area contributed by atoms with E-state index in [1.165, 1.54) is 6.26 Å². The maximum Gasteiger partial charge on any atom is 0.285 e. The number of nitrogens with zero attached hydrogens (tertiary/aromatic N) is 1. The Labute approximate surface area is 285 Å². The van der Waals surface area contributed by atoms with Crippen LogP contribution < -0.4 is 5.73 Å².